The SMILES string of the molecule is CNCC1CCC(N)(CNC)CC1. The van der Waals surface area contributed by atoms with Gasteiger partial charge in [-0.1, -0.05) is 0 Å². The largest absolute Gasteiger partial charge is 0.324 e. The highest BCUT2D eigenvalue weighted by Gasteiger charge is 2.30. The summed E-state index contributed by atoms with van der Waals surface area (Å²) >= 11 is 0. The number of nitrogens with one attached hydrogen (secondary N) is 2. The lowest BCUT2D eigenvalue weighted by molar-refractivity contribution is 0.229. The second kappa shape index (κ2) is 4.94. The Kier molecular flexibility index (Phi) is 4.16. The lowest BCUT2D eigenvalue weighted by Gasteiger charge is -2.37. The van der Waals surface area contributed by atoms with E-state index in [4.69, 9.17) is 5.73 Å². The number of hydrogen-bond acceptors (Lipinski definition) is 3. The smallest absolute Gasteiger partial charge is 0.0280 e. The van der Waals surface area contributed by atoms with Gasteiger partial charge in [-0.05, 0) is 52.2 Å². The van der Waals surface area contributed by atoms with Gasteiger partial charge in [-0.2, -0.15) is 0 Å². The van der Waals surface area contributed by atoms with Crippen molar-refractivity contribution in [2.24, 2.45) is 11.7 Å². The Balaban J connectivity index is 2.28. The minimum absolute atomic E-state index is 0.0684. The molecule has 3 nitrogen and oxygen atoms in total. The Morgan fingerprint density at radius 1 is 1.23 bits per heavy atom. The van der Waals surface area contributed by atoms with E-state index >= 15 is 0 Å². The van der Waals surface area contributed by atoms with Crippen molar-refractivity contribution in [2.75, 3.05) is 27.2 Å². The third-order valence-corrected chi connectivity index (χ3v) is 3.12. The van der Waals surface area contributed by atoms with Crippen molar-refractivity contribution >= 4 is 0 Å². The Morgan fingerprint density at radius 3 is 2.31 bits per heavy atom. The molecule has 13 heavy (non-hydrogen) atoms. The van der Waals surface area contributed by atoms with Crippen molar-refractivity contribution in [1.29, 1.82) is 0 Å². The molecule has 0 spiro atoms. The monoisotopic (exact) mass is 185 g/mol. The quantitative estimate of drug-likeness (QED) is 0.591. The van der Waals surface area contributed by atoms with Gasteiger partial charge in [-0.3, -0.25) is 0 Å². The lowest BCUT2D eigenvalue weighted by atomic mass is 9.77. The molecule has 0 heterocycles. The van der Waals surface area contributed by atoms with E-state index in [2.05, 4.69) is 10.6 Å². The summed E-state index contributed by atoms with van der Waals surface area (Å²) in [7, 11) is 4.01. The molecule has 1 aliphatic rings. The van der Waals surface area contributed by atoms with Gasteiger partial charge < -0.3 is 16.4 Å². The Bertz CT molecular complexity index is 139. The van der Waals surface area contributed by atoms with Crippen LogP contribution in [0.2, 0.25) is 0 Å². The number of likely N-dealkylation sites (N-methyl/N-ethyl adjacent to an activating group) is 1. The average molecular weight is 185 g/mol. The first-order valence-electron chi connectivity index (χ1n) is 5.28. The van der Waals surface area contributed by atoms with Gasteiger partial charge in [-0.15, -0.1) is 0 Å². The molecule has 0 aliphatic heterocycles. The predicted molar refractivity (Wildman–Crippen MR) is 56.7 cm³/mol. The number of nitrogens with two attached hydrogens (primary N) is 1. The molecule has 3 heteroatoms. The van der Waals surface area contributed by atoms with Gasteiger partial charge in [0.05, 0.1) is 0 Å². The van der Waals surface area contributed by atoms with E-state index < -0.39 is 0 Å². The van der Waals surface area contributed by atoms with Crippen LogP contribution in [0.3, 0.4) is 0 Å². The van der Waals surface area contributed by atoms with E-state index in [9.17, 15) is 0 Å². The zero-order valence-electron chi connectivity index (χ0n) is 8.90. The summed E-state index contributed by atoms with van der Waals surface area (Å²) in [6, 6.07) is 0. The van der Waals surface area contributed by atoms with Crippen LogP contribution in [0.25, 0.3) is 0 Å². The van der Waals surface area contributed by atoms with E-state index in [1.165, 1.54) is 25.7 Å². The van der Waals surface area contributed by atoms with Crippen LogP contribution in [0.4, 0.5) is 0 Å². The van der Waals surface area contributed by atoms with E-state index in [1.54, 1.807) is 0 Å². The fraction of sp³-hybridized carbons (Fsp3) is 1.00. The van der Waals surface area contributed by atoms with Crippen molar-refractivity contribution in [3.63, 3.8) is 0 Å². The molecule has 0 unspecified atom stereocenters. The molecule has 0 aromatic rings. The minimum Gasteiger partial charge on any atom is -0.324 e. The molecule has 0 radical (unpaired) electrons. The predicted octanol–water partition coefficient (Wildman–Crippen LogP) is 0.313. The van der Waals surface area contributed by atoms with Crippen LogP contribution in [0.15, 0.2) is 0 Å². The highest BCUT2D eigenvalue weighted by atomic mass is 14.9. The first-order chi connectivity index (χ1) is 6.20. The summed E-state index contributed by atoms with van der Waals surface area (Å²) in [6.07, 6.45) is 4.89. The van der Waals surface area contributed by atoms with E-state index in [0.29, 0.717) is 0 Å². The minimum atomic E-state index is 0.0684. The van der Waals surface area contributed by atoms with Crippen LogP contribution in [-0.2, 0) is 0 Å². The Hall–Kier alpha value is -0.120. The van der Waals surface area contributed by atoms with Crippen LogP contribution >= 0.6 is 0 Å². The van der Waals surface area contributed by atoms with E-state index in [-0.39, 0.29) is 5.54 Å². The van der Waals surface area contributed by atoms with Gasteiger partial charge in [0.2, 0.25) is 0 Å². The Morgan fingerprint density at radius 2 is 1.85 bits per heavy atom. The highest BCUT2D eigenvalue weighted by molar-refractivity contribution is 4.91. The summed E-state index contributed by atoms with van der Waals surface area (Å²) < 4.78 is 0. The molecule has 1 fully saturated rings. The van der Waals surface area contributed by atoms with Gasteiger partial charge in [0, 0.05) is 12.1 Å². The van der Waals surface area contributed by atoms with Gasteiger partial charge in [-0.25, -0.2) is 0 Å². The molecule has 0 atom stereocenters. The topological polar surface area (TPSA) is 50.1 Å². The molecule has 0 aromatic heterocycles. The number of rotatable bonds is 4. The summed E-state index contributed by atoms with van der Waals surface area (Å²) in [5.74, 6) is 0.846. The zero-order valence-corrected chi connectivity index (χ0v) is 8.90. The zero-order chi connectivity index (χ0) is 9.73. The molecule has 0 bridgehead atoms. The van der Waals surface area contributed by atoms with Crippen LogP contribution in [0.5, 0.6) is 0 Å². The molecule has 0 saturated heterocycles. The molecule has 1 saturated carbocycles. The van der Waals surface area contributed by atoms with Gasteiger partial charge in [0.15, 0.2) is 0 Å². The summed E-state index contributed by atoms with van der Waals surface area (Å²) in [4.78, 5) is 0. The third kappa shape index (κ3) is 3.25. The van der Waals surface area contributed by atoms with E-state index in [0.717, 1.165) is 19.0 Å². The first kappa shape index (κ1) is 11.0. The molecule has 1 rings (SSSR count). The van der Waals surface area contributed by atoms with E-state index in [1.807, 2.05) is 14.1 Å². The van der Waals surface area contributed by atoms with Crippen molar-refractivity contribution in [2.45, 2.75) is 31.2 Å². The van der Waals surface area contributed by atoms with Crippen LogP contribution in [-0.4, -0.2) is 32.7 Å². The highest BCUT2D eigenvalue weighted by Crippen LogP contribution is 2.29. The maximum Gasteiger partial charge on any atom is 0.0280 e. The summed E-state index contributed by atoms with van der Waals surface area (Å²) in [5, 5.41) is 6.42. The fourth-order valence-corrected chi connectivity index (χ4v) is 2.27. The summed E-state index contributed by atoms with van der Waals surface area (Å²) in [6.45, 7) is 2.11. The normalized spacial score (nSPS) is 34.8. The Labute approximate surface area is 81.5 Å². The average Bonchev–Trinajstić information content (AvgIpc) is 2.10. The van der Waals surface area contributed by atoms with Crippen molar-refractivity contribution in [3.05, 3.63) is 0 Å². The second-order valence-corrected chi connectivity index (χ2v) is 4.39. The molecule has 0 aromatic carbocycles. The molecule has 4 N–H and O–H groups in total. The lowest BCUT2D eigenvalue weighted by Crippen LogP contribution is -2.50. The summed E-state index contributed by atoms with van der Waals surface area (Å²) in [5.41, 5.74) is 6.31. The molecular formula is C10H23N3. The first-order valence-corrected chi connectivity index (χ1v) is 5.28. The molecule has 78 valence electrons. The maximum atomic E-state index is 6.25. The van der Waals surface area contributed by atoms with Crippen molar-refractivity contribution in [3.8, 4) is 0 Å². The van der Waals surface area contributed by atoms with Gasteiger partial charge in [0.25, 0.3) is 0 Å². The third-order valence-electron chi connectivity index (χ3n) is 3.12. The van der Waals surface area contributed by atoms with Crippen LogP contribution in [0, 0.1) is 5.92 Å². The van der Waals surface area contributed by atoms with Crippen molar-refractivity contribution < 1.29 is 0 Å². The van der Waals surface area contributed by atoms with Crippen LogP contribution < -0.4 is 16.4 Å². The second-order valence-electron chi connectivity index (χ2n) is 4.39. The standard InChI is InChI=1S/C10H23N3/c1-12-7-9-3-5-10(11,6-4-9)8-13-2/h9,12-13H,3-8,11H2,1-2H3. The maximum absolute atomic E-state index is 6.25. The molecule has 0 amide bonds. The molecular weight excluding hydrogens is 162 g/mol. The number of hydrogen-bond donors (Lipinski definition) is 3. The van der Waals surface area contributed by atoms with Crippen molar-refractivity contribution in [1.82, 2.24) is 10.6 Å². The van der Waals surface area contributed by atoms with Gasteiger partial charge >= 0.3 is 0 Å². The molecule has 1 aliphatic carbocycles. The van der Waals surface area contributed by atoms with Gasteiger partial charge in [0.1, 0.15) is 0 Å². The van der Waals surface area contributed by atoms with Crippen LogP contribution in [0.1, 0.15) is 25.7 Å². The fourth-order valence-electron chi connectivity index (χ4n) is 2.27.